The maximum Gasteiger partial charge on any atom is 0.321 e. The van der Waals surface area contributed by atoms with E-state index in [0.29, 0.717) is 11.7 Å². The monoisotopic (exact) mass is 418 g/mol. The number of anilines is 1. The van der Waals surface area contributed by atoms with E-state index in [1.54, 1.807) is 7.11 Å². The van der Waals surface area contributed by atoms with E-state index >= 15 is 0 Å². The number of hydrogen-bond donors (Lipinski definition) is 3. The molecule has 3 N–H and O–H groups in total. The SMILES string of the molecule is COc1ccc(C(C)(C)c2csc(NC(=O)NCCCN3CCC(O)C3)n2)cc1. The summed E-state index contributed by atoms with van der Waals surface area (Å²) in [6, 6.07) is 7.72. The lowest BCUT2D eigenvalue weighted by Crippen LogP contribution is -2.32. The third kappa shape index (κ3) is 5.68. The van der Waals surface area contributed by atoms with Gasteiger partial charge >= 0.3 is 6.03 Å². The van der Waals surface area contributed by atoms with E-state index in [1.165, 1.54) is 11.3 Å². The highest BCUT2D eigenvalue weighted by Gasteiger charge is 2.26. The molecule has 3 rings (SSSR count). The van der Waals surface area contributed by atoms with E-state index in [9.17, 15) is 9.90 Å². The number of likely N-dealkylation sites (tertiary alicyclic amines) is 1. The summed E-state index contributed by atoms with van der Waals surface area (Å²) in [6.45, 7) is 7.37. The second-order valence-corrected chi connectivity index (χ2v) is 8.73. The largest absolute Gasteiger partial charge is 0.497 e. The van der Waals surface area contributed by atoms with Crippen LogP contribution in [0.1, 0.15) is 37.9 Å². The molecule has 2 amide bonds. The number of urea groups is 1. The van der Waals surface area contributed by atoms with Crippen LogP contribution >= 0.6 is 11.3 Å². The number of carbonyl (C=O) groups is 1. The first-order valence-corrected chi connectivity index (χ1v) is 10.8. The summed E-state index contributed by atoms with van der Waals surface area (Å²) in [5, 5.41) is 17.8. The average molecular weight is 419 g/mol. The third-order valence-electron chi connectivity index (χ3n) is 5.36. The van der Waals surface area contributed by atoms with Gasteiger partial charge in [0.05, 0.1) is 18.9 Å². The normalized spacial score (nSPS) is 17.3. The van der Waals surface area contributed by atoms with Crippen molar-refractivity contribution >= 4 is 22.5 Å². The maximum absolute atomic E-state index is 12.1. The minimum Gasteiger partial charge on any atom is -0.497 e. The van der Waals surface area contributed by atoms with Crippen LogP contribution in [0.4, 0.5) is 9.93 Å². The molecule has 0 aliphatic carbocycles. The van der Waals surface area contributed by atoms with Gasteiger partial charge in [0.25, 0.3) is 0 Å². The fourth-order valence-corrected chi connectivity index (χ4v) is 4.31. The molecular formula is C21H30N4O3S. The molecule has 1 atom stereocenters. The highest BCUT2D eigenvalue weighted by Crippen LogP contribution is 2.34. The first-order chi connectivity index (χ1) is 13.9. The van der Waals surface area contributed by atoms with Crippen molar-refractivity contribution in [2.24, 2.45) is 0 Å². The minimum absolute atomic E-state index is 0.201. The summed E-state index contributed by atoms with van der Waals surface area (Å²) in [6.07, 6.45) is 1.49. The maximum atomic E-state index is 12.1. The molecule has 1 aromatic carbocycles. The molecule has 158 valence electrons. The number of aromatic nitrogens is 1. The Bertz CT molecular complexity index is 807. The Hall–Kier alpha value is -2.16. The highest BCUT2D eigenvalue weighted by molar-refractivity contribution is 7.13. The molecular weight excluding hydrogens is 388 g/mol. The molecule has 8 heteroatoms. The molecule has 1 fully saturated rings. The lowest BCUT2D eigenvalue weighted by Gasteiger charge is -2.23. The number of methoxy groups -OCH3 is 1. The van der Waals surface area contributed by atoms with E-state index in [2.05, 4.69) is 34.4 Å². The van der Waals surface area contributed by atoms with Crippen LogP contribution < -0.4 is 15.4 Å². The number of aliphatic hydroxyl groups excluding tert-OH is 1. The van der Waals surface area contributed by atoms with E-state index in [0.717, 1.165) is 49.5 Å². The standard InChI is InChI=1S/C21H30N4O3S/c1-21(2,15-5-7-17(28-3)8-6-15)18-14-29-20(23-18)24-19(27)22-10-4-11-25-12-9-16(26)13-25/h5-8,14,16,26H,4,9-13H2,1-3H3,(H2,22,23,24,27). The number of aliphatic hydroxyl groups is 1. The van der Waals surface area contributed by atoms with E-state index in [-0.39, 0.29) is 17.6 Å². The second kappa shape index (κ2) is 9.56. The van der Waals surface area contributed by atoms with Gasteiger partial charge in [0.1, 0.15) is 5.75 Å². The van der Waals surface area contributed by atoms with Gasteiger partial charge in [0.15, 0.2) is 5.13 Å². The molecule has 0 spiro atoms. The summed E-state index contributed by atoms with van der Waals surface area (Å²) < 4.78 is 5.23. The van der Waals surface area contributed by atoms with Gasteiger partial charge in [-0.25, -0.2) is 9.78 Å². The minimum atomic E-state index is -0.278. The van der Waals surface area contributed by atoms with E-state index in [1.807, 2.05) is 29.6 Å². The number of nitrogens with one attached hydrogen (secondary N) is 2. The number of rotatable bonds is 8. The zero-order valence-electron chi connectivity index (χ0n) is 17.3. The van der Waals surface area contributed by atoms with Gasteiger partial charge in [0.2, 0.25) is 0 Å². The second-order valence-electron chi connectivity index (χ2n) is 7.87. The molecule has 2 heterocycles. The van der Waals surface area contributed by atoms with Gasteiger partial charge in [-0.3, -0.25) is 5.32 Å². The molecule has 0 saturated carbocycles. The van der Waals surface area contributed by atoms with Crippen molar-refractivity contribution in [1.82, 2.24) is 15.2 Å². The zero-order valence-corrected chi connectivity index (χ0v) is 18.1. The molecule has 1 saturated heterocycles. The van der Waals surface area contributed by atoms with Crippen LogP contribution in [0.2, 0.25) is 0 Å². The molecule has 1 aliphatic heterocycles. The molecule has 0 radical (unpaired) electrons. The van der Waals surface area contributed by atoms with Crippen molar-refractivity contribution in [1.29, 1.82) is 0 Å². The van der Waals surface area contributed by atoms with Crippen molar-refractivity contribution in [2.45, 2.75) is 38.2 Å². The number of ether oxygens (including phenoxy) is 1. The molecule has 0 bridgehead atoms. The number of thiazole rings is 1. The zero-order chi connectivity index (χ0) is 20.9. The summed E-state index contributed by atoms with van der Waals surface area (Å²) in [5.41, 5.74) is 1.77. The van der Waals surface area contributed by atoms with E-state index in [4.69, 9.17) is 4.74 Å². The van der Waals surface area contributed by atoms with Gasteiger partial charge in [-0.15, -0.1) is 11.3 Å². The van der Waals surface area contributed by atoms with Crippen LogP contribution in [0, 0.1) is 0 Å². The summed E-state index contributed by atoms with van der Waals surface area (Å²) in [5.74, 6) is 0.822. The Labute approximate surface area is 176 Å². The van der Waals surface area contributed by atoms with Crippen molar-refractivity contribution < 1.29 is 14.6 Å². The lowest BCUT2D eigenvalue weighted by atomic mass is 9.82. The van der Waals surface area contributed by atoms with Crippen LogP contribution in [-0.4, -0.2) is 60.4 Å². The smallest absolute Gasteiger partial charge is 0.321 e. The Kier molecular flexibility index (Phi) is 7.10. The topological polar surface area (TPSA) is 86.7 Å². The van der Waals surface area contributed by atoms with Gasteiger partial charge in [-0.05, 0) is 37.1 Å². The molecule has 1 aromatic heterocycles. The Morgan fingerprint density at radius 1 is 1.38 bits per heavy atom. The first-order valence-electron chi connectivity index (χ1n) is 9.94. The summed E-state index contributed by atoms with van der Waals surface area (Å²) >= 11 is 1.42. The Morgan fingerprint density at radius 2 is 2.14 bits per heavy atom. The molecule has 1 unspecified atom stereocenters. The molecule has 2 aromatic rings. The summed E-state index contributed by atoms with van der Waals surface area (Å²) in [4.78, 5) is 19.0. The highest BCUT2D eigenvalue weighted by atomic mass is 32.1. The van der Waals surface area contributed by atoms with Gasteiger partial charge in [0, 0.05) is 30.4 Å². The average Bonchev–Trinajstić information content (AvgIpc) is 3.34. The van der Waals surface area contributed by atoms with Crippen LogP contribution in [0.3, 0.4) is 0 Å². The van der Waals surface area contributed by atoms with Crippen molar-refractivity contribution in [3.8, 4) is 5.75 Å². The first kappa shape index (κ1) is 21.5. The van der Waals surface area contributed by atoms with Crippen LogP contribution in [0.15, 0.2) is 29.6 Å². The predicted octanol–water partition coefficient (Wildman–Crippen LogP) is 3.06. The van der Waals surface area contributed by atoms with Crippen LogP contribution in [-0.2, 0) is 5.41 Å². The quantitative estimate of drug-likeness (QED) is 0.574. The van der Waals surface area contributed by atoms with Gasteiger partial charge in [-0.1, -0.05) is 26.0 Å². The Balaban J connectivity index is 1.47. The van der Waals surface area contributed by atoms with E-state index < -0.39 is 0 Å². The number of β-amino-alcohol motifs (C(OH)–C–C–N with tert-alkyl or cyclic N) is 1. The van der Waals surface area contributed by atoms with Crippen LogP contribution in [0.5, 0.6) is 5.75 Å². The number of hydrogen-bond acceptors (Lipinski definition) is 6. The molecule has 29 heavy (non-hydrogen) atoms. The number of amides is 2. The van der Waals surface area contributed by atoms with Crippen LogP contribution in [0.25, 0.3) is 0 Å². The molecule has 7 nitrogen and oxygen atoms in total. The Morgan fingerprint density at radius 3 is 2.79 bits per heavy atom. The predicted molar refractivity (Wildman–Crippen MR) is 116 cm³/mol. The fraction of sp³-hybridized carbons (Fsp3) is 0.524. The fourth-order valence-electron chi connectivity index (χ4n) is 3.43. The lowest BCUT2D eigenvalue weighted by molar-refractivity contribution is 0.176. The van der Waals surface area contributed by atoms with Crippen molar-refractivity contribution in [3.05, 3.63) is 40.9 Å². The van der Waals surface area contributed by atoms with Gasteiger partial charge in [-0.2, -0.15) is 0 Å². The third-order valence-corrected chi connectivity index (χ3v) is 6.12. The van der Waals surface area contributed by atoms with Crippen molar-refractivity contribution in [2.75, 3.05) is 38.6 Å². The van der Waals surface area contributed by atoms with Gasteiger partial charge < -0.3 is 20.1 Å². The number of benzene rings is 1. The van der Waals surface area contributed by atoms with Crippen molar-refractivity contribution in [3.63, 3.8) is 0 Å². The summed E-state index contributed by atoms with van der Waals surface area (Å²) in [7, 11) is 1.65. The molecule has 1 aliphatic rings. The number of carbonyl (C=O) groups excluding carboxylic acids is 1. The number of nitrogens with zero attached hydrogens (tertiary/aromatic N) is 2.